The third kappa shape index (κ3) is 5.82. The smallest absolute Gasteiger partial charge is 0.264 e. The van der Waals surface area contributed by atoms with Crippen LogP contribution in [0.1, 0.15) is 12.5 Å². The minimum atomic E-state index is -3.67. The van der Waals surface area contributed by atoms with Gasteiger partial charge in [-0.2, -0.15) is 0 Å². The SMILES string of the molecule is CCN(c1ccc(OCC(=O)NCc2ccc(F)cc2)cc1)S(=O)(=O)c1ccccc1. The molecule has 3 aromatic carbocycles. The van der Waals surface area contributed by atoms with Gasteiger partial charge >= 0.3 is 0 Å². The number of nitrogens with zero attached hydrogens (tertiary/aromatic N) is 1. The number of halogens is 1. The Labute approximate surface area is 181 Å². The Balaban J connectivity index is 1.57. The highest BCUT2D eigenvalue weighted by atomic mass is 32.2. The molecule has 0 aliphatic carbocycles. The van der Waals surface area contributed by atoms with E-state index in [1.165, 1.54) is 16.4 Å². The molecular weight excluding hydrogens is 419 g/mol. The van der Waals surface area contributed by atoms with Crippen molar-refractivity contribution in [1.82, 2.24) is 5.32 Å². The van der Waals surface area contributed by atoms with Crippen molar-refractivity contribution in [2.75, 3.05) is 17.5 Å². The van der Waals surface area contributed by atoms with Crippen molar-refractivity contribution in [3.05, 3.63) is 90.2 Å². The molecule has 0 spiro atoms. The van der Waals surface area contributed by atoms with Gasteiger partial charge in [0.25, 0.3) is 15.9 Å². The lowest BCUT2D eigenvalue weighted by atomic mass is 10.2. The molecule has 0 radical (unpaired) electrons. The van der Waals surface area contributed by atoms with E-state index >= 15 is 0 Å². The standard InChI is InChI=1S/C23H23FN2O4S/c1-2-26(31(28,29)22-6-4-3-5-7-22)20-12-14-21(15-13-20)30-17-23(27)25-16-18-8-10-19(24)11-9-18/h3-15H,2,16-17H2,1H3,(H,25,27). The summed E-state index contributed by atoms with van der Waals surface area (Å²) >= 11 is 0. The van der Waals surface area contributed by atoms with Gasteiger partial charge < -0.3 is 10.1 Å². The van der Waals surface area contributed by atoms with Crippen LogP contribution in [0.15, 0.2) is 83.8 Å². The van der Waals surface area contributed by atoms with E-state index in [1.54, 1.807) is 73.7 Å². The van der Waals surface area contributed by atoms with Crippen LogP contribution in [0, 0.1) is 5.82 Å². The molecule has 0 saturated carbocycles. The minimum absolute atomic E-state index is 0.194. The van der Waals surface area contributed by atoms with Crippen molar-refractivity contribution in [2.24, 2.45) is 0 Å². The second kappa shape index (κ2) is 10.1. The Hall–Kier alpha value is -3.39. The van der Waals surface area contributed by atoms with E-state index in [4.69, 9.17) is 4.74 Å². The van der Waals surface area contributed by atoms with E-state index in [2.05, 4.69) is 5.32 Å². The molecule has 31 heavy (non-hydrogen) atoms. The first-order chi connectivity index (χ1) is 14.9. The van der Waals surface area contributed by atoms with E-state index in [-0.39, 0.29) is 36.3 Å². The van der Waals surface area contributed by atoms with Crippen LogP contribution in [-0.4, -0.2) is 27.5 Å². The van der Waals surface area contributed by atoms with Gasteiger partial charge in [-0.1, -0.05) is 30.3 Å². The number of hydrogen-bond donors (Lipinski definition) is 1. The van der Waals surface area contributed by atoms with Crippen molar-refractivity contribution in [3.63, 3.8) is 0 Å². The first-order valence-corrected chi connectivity index (χ1v) is 11.2. The third-order valence-corrected chi connectivity index (χ3v) is 6.43. The zero-order valence-corrected chi connectivity index (χ0v) is 17.8. The minimum Gasteiger partial charge on any atom is -0.484 e. The lowest BCUT2D eigenvalue weighted by Crippen LogP contribution is -2.30. The number of benzene rings is 3. The van der Waals surface area contributed by atoms with Crippen LogP contribution in [0.4, 0.5) is 10.1 Å². The number of hydrogen-bond acceptors (Lipinski definition) is 4. The molecule has 0 atom stereocenters. The maximum Gasteiger partial charge on any atom is 0.264 e. The zero-order valence-electron chi connectivity index (χ0n) is 17.0. The van der Waals surface area contributed by atoms with Gasteiger partial charge in [0.2, 0.25) is 0 Å². The predicted molar refractivity (Wildman–Crippen MR) is 117 cm³/mol. The molecule has 6 nitrogen and oxygen atoms in total. The molecule has 0 fully saturated rings. The molecule has 1 N–H and O–H groups in total. The zero-order chi connectivity index (χ0) is 22.3. The molecule has 3 aromatic rings. The molecule has 0 saturated heterocycles. The molecule has 0 bridgehead atoms. The molecular formula is C23H23FN2O4S. The summed E-state index contributed by atoms with van der Waals surface area (Å²) in [7, 11) is -3.67. The normalized spacial score (nSPS) is 11.0. The van der Waals surface area contributed by atoms with Gasteiger partial charge in [0, 0.05) is 13.1 Å². The van der Waals surface area contributed by atoms with Gasteiger partial charge in [0.1, 0.15) is 11.6 Å². The molecule has 0 unspecified atom stereocenters. The van der Waals surface area contributed by atoms with Gasteiger partial charge in [-0.15, -0.1) is 0 Å². The summed E-state index contributed by atoms with van der Waals surface area (Å²) in [6, 6.07) is 20.6. The fraction of sp³-hybridized carbons (Fsp3) is 0.174. The molecule has 1 amide bonds. The number of sulfonamides is 1. The van der Waals surface area contributed by atoms with Crippen LogP contribution in [0.3, 0.4) is 0 Å². The highest BCUT2D eigenvalue weighted by Crippen LogP contribution is 2.25. The molecule has 162 valence electrons. The molecule has 0 aromatic heterocycles. The summed E-state index contributed by atoms with van der Waals surface area (Å²) in [6.45, 7) is 2.10. The molecule has 3 rings (SSSR count). The van der Waals surface area contributed by atoms with Gasteiger partial charge in [0.15, 0.2) is 6.61 Å². The van der Waals surface area contributed by atoms with Crippen molar-refractivity contribution in [3.8, 4) is 5.75 Å². The van der Waals surface area contributed by atoms with E-state index in [0.29, 0.717) is 11.4 Å². The van der Waals surface area contributed by atoms with Gasteiger partial charge in [0.05, 0.1) is 10.6 Å². The monoisotopic (exact) mass is 442 g/mol. The Morgan fingerprint density at radius 1 is 0.968 bits per heavy atom. The molecule has 0 aliphatic rings. The maximum atomic E-state index is 12.9. The van der Waals surface area contributed by atoms with Gasteiger partial charge in [-0.25, -0.2) is 12.8 Å². The largest absolute Gasteiger partial charge is 0.484 e. The summed E-state index contributed by atoms with van der Waals surface area (Å²) in [4.78, 5) is 12.2. The van der Waals surface area contributed by atoms with Crippen LogP contribution < -0.4 is 14.4 Å². The number of carbonyl (C=O) groups is 1. The lowest BCUT2D eigenvalue weighted by molar-refractivity contribution is -0.123. The molecule has 0 aliphatic heterocycles. The Morgan fingerprint density at radius 2 is 1.61 bits per heavy atom. The average molecular weight is 443 g/mol. The van der Waals surface area contributed by atoms with E-state index < -0.39 is 10.0 Å². The number of anilines is 1. The van der Waals surface area contributed by atoms with Crippen LogP contribution in [0.5, 0.6) is 5.75 Å². The number of carbonyl (C=O) groups excluding carboxylic acids is 1. The summed E-state index contributed by atoms with van der Waals surface area (Å²) in [5.41, 5.74) is 1.28. The Bertz CT molecular complexity index is 1100. The van der Waals surface area contributed by atoms with Crippen molar-refractivity contribution >= 4 is 21.6 Å². The van der Waals surface area contributed by atoms with Crippen LogP contribution in [0.2, 0.25) is 0 Å². The summed E-state index contributed by atoms with van der Waals surface area (Å²) in [6.07, 6.45) is 0. The first-order valence-electron chi connectivity index (χ1n) is 9.72. The number of nitrogens with one attached hydrogen (secondary N) is 1. The Kier molecular flexibility index (Phi) is 7.25. The lowest BCUT2D eigenvalue weighted by Gasteiger charge is -2.23. The fourth-order valence-electron chi connectivity index (χ4n) is 2.92. The maximum absolute atomic E-state index is 12.9. The van der Waals surface area contributed by atoms with Crippen molar-refractivity contribution in [2.45, 2.75) is 18.4 Å². The first kappa shape index (κ1) is 22.3. The molecule has 0 heterocycles. The summed E-state index contributed by atoms with van der Waals surface area (Å²) in [5, 5.41) is 2.69. The Morgan fingerprint density at radius 3 is 2.23 bits per heavy atom. The second-order valence-electron chi connectivity index (χ2n) is 6.67. The third-order valence-electron chi connectivity index (χ3n) is 4.52. The van der Waals surface area contributed by atoms with E-state index in [1.807, 2.05) is 0 Å². The topological polar surface area (TPSA) is 75.7 Å². The van der Waals surface area contributed by atoms with Crippen molar-refractivity contribution in [1.29, 1.82) is 0 Å². The summed E-state index contributed by atoms with van der Waals surface area (Å²) < 4.78 is 45.5. The van der Waals surface area contributed by atoms with Gasteiger partial charge in [-0.05, 0) is 61.0 Å². The fourth-order valence-corrected chi connectivity index (χ4v) is 4.42. The highest BCUT2D eigenvalue weighted by Gasteiger charge is 2.23. The van der Waals surface area contributed by atoms with E-state index in [0.717, 1.165) is 5.56 Å². The van der Waals surface area contributed by atoms with E-state index in [9.17, 15) is 17.6 Å². The van der Waals surface area contributed by atoms with Crippen LogP contribution in [0.25, 0.3) is 0 Å². The number of ether oxygens (including phenoxy) is 1. The van der Waals surface area contributed by atoms with Crippen LogP contribution >= 0.6 is 0 Å². The quantitative estimate of drug-likeness (QED) is 0.548. The van der Waals surface area contributed by atoms with Crippen LogP contribution in [-0.2, 0) is 21.4 Å². The van der Waals surface area contributed by atoms with Gasteiger partial charge in [-0.3, -0.25) is 9.10 Å². The predicted octanol–water partition coefficient (Wildman–Crippen LogP) is 3.74. The number of rotatable bonds is 9. The molecule has 8 heteroatoms. The average Bonchev–Trinajstić information content (AvgIpc) is 2.79. The van der Waals surface area contributed by atoms with Crippen molar-refractivity contribution < 1.29 is 22.3 Å². The second-order valence-corrected chi connectivity index (χ2v) is 8.53. The number of amides is 1. The summed E-state index contributed by atoms with van der Waals surface area (Å²) in [5.74, 6) is -0.218. The highest BCUT2D eigenvalue weighted by molar-refractivity contribution is 7.92.